The van der Waals surface area contributed by atoms with Crippen LogP contribution in [-0.4, -0.2) is 60.1 Å². The van der Waals surface area contributed by atoms with Gasteiger partial charge in [-0.25, -0.2) is 9.59 Å². The first-order valence-corrected chi connectivity index (χ1v) is 15.9. The lowest BCUT2D eigenvalue weighted by atomic mass is 10.2. The summed E-state index contributed by atoms with van der Waals surface area (Å²) in [4.78, 5) is 88.6. The highest BCUT2D eigenvalue weighted by atomic mass is 35.5. The first-order valence-electron chi connectivity index (χ1n) is 13.5. The number of ether oxygens (including phenoxy) is 2. The van der Waals surface area contributed by atoms with Gasteiger partial charge in [-0.3, -0.25) is 29.0 Å². The van der Waals surface area contributed by atoms with E-state index < -0.39 is 35.6 Å². The summed E-state index contributed by atoms with van der Waals surface area (Å²) in [5.41, 5.74) is 0.129. The second kappa shape index (κ2) is 14.8. The van der Waals surface area contributed by atoms with E-state index >= 15 is 0 Å². The first kappa shape index (κ1) is 34.3. The number of carbonyl (C=O) groups is 6. The summed E-state index contributed by atoms with van der Waals surface area (Å²) < 4.78 is 9.38. The molecule has 0 aromatic heterocycles. The monoisotopic (exact) mass is 722 g/mol. The van der Waals surface area contributed by atoms with E-state index in [4.69, 9.17) is 32.7 Å². The van der Waals surface area contributed by atoms with Crippen molar-refractivity contribution in [1.82, 2.24) is 0 Å². The van der Waals surface area contributed by atoms with Gasteiger partial charge >= 0.3 is 11.9 Å². The molecule has 48 heavy (non-hydrogen) atoms. The van der Waals surface area contributed by atoms with Gasteiger partial charge in [-0.15, -0.1) is 0 Å². The standard InChI is InChI=1S/C32H20Cl2N4O8S2/c1-45-25(39)15-23-29(43)37(31(47-23)35-27(41)17-9-3-5-11-19(17)33)21-13-7-8-14-22(21)38-30(44)24(16-26(40)46-2)48-32(38)36-28(42)18-10-4-6-12-20(18)34/h3-16H,1-2H3/b23-15-,24-16-,35-31?,36-32?. The number of nitrogens with zero attached hydrogens (tertiary/aromatic N) is 4. The van der Waals surface area contributed by atoms with Crippen LogP contribution in [0.1, 0.15) is 20.7 Å². The molecule has 4 amide bonds. The molecule has 2 saturated heterocycles. The number of hydrogen-bond donors (Lipinski definition) is 0. The number of amides is 4. The van der Waals surface area contributed by atoms with Crippen molar-refractivity contribution in [2.45, 2.75) is 0 Å². The molecule has 2 fully saturated rings. The third kappa shape index (κ3) is 7.11. The molecule has 5 rings (SSSR count). The number of amidine groups is 2. The lowest BCUT2D eigenvalue weighted by Crippen LogP contribution is -2.35. The predicted octanol–water partition coefficient (Wildman–Crippen LogP) is 5.66. The Morgan fingerprint density at radius 2 is 0.979 bits per heavy atom. The van der Waals surface area contributed by atoms with Gasteiger partial charge in [-0.2, -0.15) is 9.98 Å². The highest BCUT2D eigenvalue weighted by Gasteiger charge is 2.42. The number of hydrogen-bond acceptors (Lipinski definition) is 10. The Labute approximate surface area is 291 Å². The number of thioether (sulfide) groups is 2. The smallest absolute Gasteiger partial charge is 0.331 e. The highest BCUT2D eigenvalue weighted by molar-refractivity contribution is 8.19. The summed E-state index contributed by atoms with van der Waals surface area (Å²) in [6, 6.07) is 18.3. The van der Waals surface area contributed by atoms with Gasteiger partial charge in [0.1, 0.15) is 0 Å². The van der Waals surface area contributed by atoms with Gasteiger partial charge in [-0.05, 0) is 59.9 Å². The van der Waals surface area contributed by atoms with Crippen LogP contribution in [0.15, 0.2) is 105 Å². The maximum absolute atomic E-state index is 13.9. The molecule has 2 aliphatic heterocycles. The molecule has 0 spiro atoms. The molecule has 2 heterocycles. The quantitative estimate of drug-likeness (QED) is 0.230. The van der Waals surface area contributed by atoms with Crippen molar-refractivity contribution in [2.24, 2.45) is 9.98 Å². The van der Waals surface area contributed by atoms with Crippen molar-refractivity contribution in [3.8, 4) is 0 Å². The molecule has 2 aliphatic rings. The SMILES string of the molecule is COC(=O)/C=C1\SC(=NC(=O)c2ccccc2Cl)N(c2ccccc2N2C(=O)/C(=C/C(=O)OC)SC2=NC(=O)c2ccccc2Cl)C1=O. The molecule has 0 bridgehead atoms. The van der Waals surface area contributed by atoms with E-state index in [2.05, 4.69) is 9.98 Å². The van der Waals surface area contributed by atoms with E-state index in [1.165, 1.54) is 36.4 Å². The number of para-hydroxylation sites is 2. The van der Waals surface area contributed by atoms with Crippen LogP contribution in [0.4, 0.5) is 11.4 Å². The van der Waals surface area contributed by atoms with Gasteiger partial charge < -0.3 is 9.47 Å². The lowest BCUT2D eigenvalue weighted by Gasteiger charge is -2.24. The van der Waals surface area contributed by atoms with Gasteiger partial charge in [0.2, 0.25) is 0 Å². The third-order valence-corrected chi connectivity index (χ3v) is 9.08. The normalized spacial score (nSPS) is 17.9. The van der Waals surface area contributed by atoms with Crippen LogP contribution in [0.2, 0.25) is 10.0 Å². The van der Waals surface area contributed by atoms with Crippen molar-refractivity contribution in [1.29, 1.82) is 0 Å². The Balaban J connectivity index is 1.67. The van der Waals surface area contributed by atoms with E-state index in [-0.39, 0.29) is 52.7 Å². The number of methoxy groups -OCH3 is 2. The van der Waals surface area contributed by atoms with Crippen molar-refractivity contribution < 1.29 is 38.2 Å². The Bertz CT molecular complexity index is 1890. The van der Waals surface area contributed by atoms with Crippen LogP contribution in [0, 0.1) is 0 Å². The summed E-state index contributed by atoms with van der Waals surface area (Å²) in [6.45, 7) is 0. The zero-order valence-corrected chi connectivity index (χ0v) is 27.9. The van der Waals surface area contributed by atoms with Gasteiger partial charge in [-0.1, -0.05) is 59.6 Å². The summed E-state index contributed by atoms with van der Waals surface area (Å²) in [5, 5.41) is -0.121. The van der Waals surface area contributed by atoms with Crippen molar-refractivity contribution in [2.75, 3.05) is 24.0 Å². The minimum atomic E-state index is -0.839. The fourth-order valence-electron chi connectivity index (χ4n) is 4.26. The Hall–Kier alpha value is -5.02. The number of aliphatic imine (C=N–C) groups is 2. The number of carbonyl (C=O) groups excluding carboxylic acids is 6. The average molecular weight is 724 g/mol. The Kier molecular flexibility index (Phi) is 10.6. The molecular weight excluding hydrogens is 703 g/mol. The average Bonchev–Trinajstić information content (AvgIpc) is 3.54. The Morgan fingerprint density at radius 1 is 0.625 bits per heavy atom. The number of anilines is 2. The number of rotatable bonds is 6. The summed E-state index contributed by atoms with van der Waals surface area (Å²) in [7, 11) is 2.26. The van der Waals surface area contributed by atoms with E-state index in [0.717, 1.165) is 36.2 Å². The summed E-state index contributed by atoms with van der Waals surface area (Å²) in [5.74, 6) is -4.82. The molecular formula is C32H20Cl2N4O8S2. The van der Waals surface area contributed by atoms with Crippen LogP contribution in [0.25, 0.3) is 0 Å². The fraction of sp³-hybridized carbons (Fsp3) is 0.0625. The molecule has 0 aliphatic carbocycles. The van der Waals surface area contributed by atoms with Crippen molar-refractivity contribution in [3.63, 3.8) is 0 Å². The second-order valence-corrected chi connectivity index (χ2v) is 12.2. The minimum absolute atomic E-state index is 0.0140. The molecule has 0 radical (unpaired) electrons. The van der Waals surface area contributed by atoms with Crippen molar-refractivity contribution in [3.05, 3.63) is 116 Å². The van der Waals surface area contributed by atoms with Crippen LogP contribution in [0.3, 0.4) is 0 Å². The molecule has 0 unspecified atom stereocenters. The van der Waals surface area contributed by atoms with Crippen LogP contribution in [0.5, 0.6) is 0 Å². The zero-order chi connectivity index (χ0) is 34.5. The maximum atomic E-state index is 13.9. The van der Waals surface area contributed by atoms with E-state index in [1.807, 2.05) is 0 Å². The van der Waals surface area contributed by atoms with E-state index in [1.54, 1.807) is 36.4 Å². The largest absolute Gasteiger partial charge is 0.466 e. The van der Waals surface area contributed by atoms with Gasteiger partial charge in [0.05, 0.1) is 56.6 Å². The van der Waals surface area contributed by atoms with Gasteiger partial charge in [0, 0.05) is 12.2 Å². The first-order chi connectivity index (χ1) is 23.0. The molecule has 0 saturated carbocycles. The molecule has 3 aromatic rings. The topological polar surface area (TPSA) is 152 Å². The molecule has 12 nitrogen and oxygen atoms in total. The number of halogens is 2. The molecule has 0 N–H and O–H groups in total. The van der Waals surface area contributed by atoms with Crippen LogP contribution in [-0.2, 0) is 28.7 Å². The second-order valence-electron chi connectivity index (χ2n) is 9.40. The number of benzene rings is 3. The number of esters is 2. The third-order valence-electron chi connectivity index (χ3n) is 6.48. The highest BCUT2D eigenvalue weighted by Crippen LogP contribution is 2.44. The van der Waals surface area contributed by atoms with Gasteiger partial charge in [0.25, 0.3) is 23.6 Å². The van der Waals surface area contributed by atoms with Crippen molar-refractivity contribution >= 4 is 104 Å². The van der Waals surface area contributed by atoms with Gasteiger partial charge in [0.15, 0.2) is 10.3 Å². The van der Waals surface area contributed by atoms with Crippen LogP contribution >= 0.6 is 46.7 Å². The van der Waals surface area contributed by atoms with Crippen LogP contribution < -0.4 is 9.80 Å². The zero-order valence-electron chi connectivity index (χ0n) is 24.7. The molecule has 242 valence electrons. The predicted molar refractivity (Wildman–Crippen MR) is 183 cm³/mol. The maximum Gasteiger partial charge on any atom is 0.331 e. The summed E-state index contributed by atoms with van der Waals surface area (Å²) >= 11 is 13.9. The fourth-order valence-corrected chi connectivity index (χ4v) is 6.56. The minimum Gasteiger partial charge on any atom is -0.466 e. The Morgan fingerprint density at radius 3 is 1.33 bits per heavy atom. The van der Waals surface area contributed by atoms with E-state index in [0.29, 0.717) is 23.5 Å². The lowest BCUT2D eigenvalue weighted by molar-refractivity contribution is -0.135. The molecule has 16 heteroatoms. The van der Waals surface area contributed by atoms with E-state index in [9.17, 15) is 28.8 Å². The molecule has 0 atom stereocenters. The molecule has 3 aromatic carbocycles. The summed E-state index contributed by atoms with van der Waals surface area (Å²) in [6.07, 6.45) is 1.88.